The minimum absolute atomic E-state index is 0.00537. The molecular weight excluding hydrogens is 233 g/mol. The number of rotatable bonds is 1. The van der Waals surface area contributed by atoms with Crippen molar-refractivity contribution in [3.8, 4) is 0 Å². The lowest BCUT2D eigenvalue weighted by atomic mass is 10.7. The summed E-state index contributed by atoms with van der Waals surface area (Å²) in [6.07, 6.45) is 0. The Bertz CT molecular complexity index is 524. The molecule has 0 aliphatic rings. The molecule has 0 saturated carbocycles. The SMILES string of the molecule is O=[N+]([O-])c1nc2nc(Cl)cc(Cl)n2n1. The van der Waals surface area contributed by atoms with E-state index in [2.05, 4.69) is 15.1 Å². The van der Waals surface area contributed by atoms with Gasteiger partial charge in [0.2, 0.25) is 0 Å². The fraction of sp³-hybridized carbons (Fsp3) is 0. The molecule has 0 aliphatic carbocycles. The number of aromatic nitrogens is 4. The van der Waals surface area contributed by atoms with E-state index in [-0.39, 0.29) is 16.1 Å². The molecule has 0 N–H and O–H groups in total. The second kappa shape index (κ2) is 3.03. The van der Waals surface area contributed by atoms with Gasteiger partial charge in [-0.1, -0.05) is 23.2 Å². The smallest absolute Gasteiger partial charge is 0.390 e. The minimum Gasteiger partial charge on any atom is -0.390 e. The van der Waals surface area contributed by atoms with Gasteiger partial charge in [0, 0.05) is 11.2 Å². The quantitative estimate of drug-likeness (QED) is 0.422. The van der Waals surface area contributed by atoms with E-state index in [1.54, 1.807) is 0 Å². The molecule has 0 bridgehead atoms. The van der Waals surface area contributed by atoms with Gasteiger partial charge in [0.25, 0.3) is 0 Å². The van der Waals surface area contributed by atoms with Crippen LogP contribution >= 0.6 is 23.2 Å². The van der Waals surface area contributed by atoms with Gasteiger partial charge in [-0.25, -0.2) is 0 Å². The molecule has 72 valence electrons. The van der Waals surface area contributed by atoms with Crippen LogP contribution < -0.4 is 0 Å². The average molecular weight is 234 g/mol. The van der Waals surface area contributed by atoms with E-state index < -0.39 is 10.9 Å². The van der Waals surface area contributed by atoms with Crippen LogP contribution in [0.1, 0.15) is 0 Å². The van der Waals surface area contributed by atoms with Gasteiger partial charge < -0.3 is 10.1 Å². The largest absolute Gasteiger partial charge is 0.493 e. The topological polar surface area (TPSA) is 86.2 Å². The maximum atomic E-state index is 10.3. The first-order valence-corrected chi connectivity index (χ1v) is 4.07. The van der Waals surface area contributed by atoms with Gasteiger partial charge >= 0.3 is 11.7 Å². The van der Waals surface area contributed by atoms with E-state index >= 15 is 0 Å². The molecule has 0 aliphatic heterocycles. The number of nitro groups is 1. The molecule has 2 rings (SSSR count). The summed E-state index contributed by atoms with van der Waals surface area (Å²) >= 11 is 11.3. The summed E-state index contributed by atoms with van der Waals surface area (Å²) in [7, 11) is 0. The van der Waals surface area contributed by atoms with Crippen molar-refractivity contribution >= 4 is 34.9 Å². The first-order valence-electron chi connectivity index (χ1n) is 3.31. The Morgan fingerprint density at radius 2 is 2.14 bits per heavy atom. The maximum absolute atomic E-state index is 10.3. The van der Waals surface area contributed by atoms with Gasteiger partial charge in [0.1, 0.15) is 5.15 Å². The van der Waals surface area contributed by atoms with E-state index in [4.69, 9.17) is 23.2 Å². The highest BCUT2D eigenvalue weighted by molar-refractivity contribution is 6.33. The van der Waals surface area contributed by atoms with Gasteiger partial charge in [-0.15, -0.1) is 4.52 Å². The summed E-state index contributed by atoms with van der Waals surface area (Å²) in [6.45, 7) is 0. The molecular formula is C5HCl2N5O2. The van der Waals surface area contributed by atoms with Gasteiger partial charge in [-0.05, 0) is 9.91 Å². The van der Waals surface area contributed by atoms with Crippen LogP contribution in [-0.2, 0) is 0 Å². The van der Waals surface area contributed by atoms with Crippen LogP contribution in [0.2, 0.25) is 10.3 Å². The summed E-state index contributed by atoms with van der Waals surface area (Å²) in [5.74, 6) is -0.573. The highest BCUT2D eigenvalue weighted by Gasteiger charge is 2.19. The third-order valence-corrected chi connectivity index (χ3v) is 1.85. The van der Waals surface area contributed by atoms with Gasteiger partial charge in [0.05, 0.1) is 0 Å². The predicted molar refractivity (Wildman–Crippen MR) is 47.5 cm³/mol. The van der Waals surface area contributed by atoms with Crippen molar-refractivity contribution in [2.75, 3.05) is 0 Å². The van der Waals surface area contributed by atoms with Crippen LogP contribution in [0.3, 0.4) is 0 Å². The van der Waals surface area contributed by atoms with Gasteiger partial charge in [-0.2, -0.15) is 4.98 Å². The molecule has 2 heterocycles. The predicted octanol–water partition coefficient (Wildman–Crippen LogP) is 1.34. The molecule has 0 saturated heterocycles. The van der Waals surface area contributed by atoms with Crippen LogP contribution in [0, 0.1) is 10.1 Å². The van der Waals surface area contributed by atoms with Crippen LogP contribution in [0.4, 0.5) is 5.95 Å². The fourth-order valence-electron chi connectivity index (χ4n) is 0.874. The Kier molecular flexibility index (Phi) is 1.97. The van der Waals surface area contributed by atoms with Crippen molar-refractivity contribution in [3.05, 3.63) is 26.5 Å². The van der Waals surface area contributed by atoms with Crippen molar-refractivity contribution in [1.29, 1.82) is 0 Å². The number of fused-ring (bicyclic) bond motifs is 1. The van der Waals surface area contributed by atoms with E-state index in [0.29, 0.717) is 0 Å². The highest BCUT2D eigenvalue weighted by Crippen LogP contribution is 2.16. The monoisotopic (exact) mass is 233 g/mol. The molecule has 0 amide bonds. The fourth-order valence-corrected chi connectivity index (χ4v) is 1.33. The van der Waals surface area contributed by atoms with E-state index in [1.807, 2.05) is 0 Å². The normalized spacial score (nSPS) is 10.7. The third kappa shape index (κ3) is 1.36. The molecule has 7 nitrogen and oxygen atoms in total. The van der Waals surface area contributed by atoms with Gasteiger partial charge in [0.15, 0.2) is 5.15 Å². The van der Waals surface area contributed by atoms with Crippen molar-refractivity contribution in [2.24, 2.45) is 0 Å². The van der Waals surface area contributed by atoms with Crippen molar-refractivity contribution in [3.63, 3.8) is 0 Å². The summed E-state index contributed by atoms with van der Waals surface area (Å²) in [5, 5.41) is 14.0. The molecule has 9 heteroatoms. The highest BCUT2D eigenvalue weighted by atomic mass is 35.5. The molecule has 0 unspecified atom stereocenters. The summed E-state index contributed by atoms with van der Waals surface area (Å²) in [6, 6.07) is 1.31. The Hall–Kier alpha value is -1.47. The lowest BCUT2D eigenvalue weighted by Crippen LogP contribution is -1.93. The number of nitrogens with zero attached hydrogens (tertiary/aromatic N) is 5. The molecule has 2 aromatic rings. The van der Waals surface area contributed by atoms with Crippen LogP contribution in [0.15, 0.2) is 6.07 Å². The standard InChI is InChI=1S/C5HCl2N5O2/c6-2-1-3(7)11-4(8-2)9-5(10-11)12(13)14/h1H. The van der Waals surface area contributed by atoms with Crippen LogP contribution in [0.5, 0.6) is 0 Å². The van der Waals surface area contributed by atoms with Crippen molar-refractivity contribution in [1.82, 2.24) is 19.6 Å². The Morgan fingerprint density at radius 1 is 1.43 bits per heavy atom. The van der Waals surface area contributed by atoms with E-state index in [9.17, 15) is 10.1 Å². The van der Waals surface area contributed by atoms with E-state index in [1.165, 1.54) is 6.07 Å². The average Bonchev–Trinajstić information content (AvgIpc) is 2.47. The zero-order valence-corrected chi connectivity index (χ0v) is 7.90. The van der Waals surface area contributed by atoms with Gasteiger partial charge in [-0.3, -0.25) is 0 Å². The molecule has 0 spiro atoms. The van der Waals surface area contributed by atoms with Crippen LogP contribution in [0.25, 0.3) is 5.78 Å². The molecule has 0 fully saturated rings. The lowest BCUT2D eigenvalue weighted by molar-refractivity contribution is -0.394. The zero-order valence-electron chi connectivity index (χ0n) is 6.39. The maximum Gasteiger partial charge on any atom is 0.493 e. The molecule has 0 aromatic carbocycles. The lowest BCUT2D eigenvalue weighted by Gasteiger charge is -1.89. The molecule has 0 atom stereocenters. The van der Waals surface area contributed by atoms with Crippen molar-refractivity contribution < 1.29 is 4.92 Å². The summed E-state index contributed by atoms with van der Waals surface area (Å²) in [5.41, 5.74) is 0. The Balaban J connectivity index is 2.76. The zero-order chi connectivity index (χ0) is 10.3. The molecule has 2 aromatic heterocycles. The van der Waals surface area contributed by atoms with E-state index in [0.717, 1.165) is 4.52 Å². The summed E-state index contributed by atoms with van der Waals surface area (Å²) < 4.78 is 1.03. The van der Waals surface area contributed by atoms with Crippen molar-refractivity contribution in [2.45, 2.75) is 0 Å². The second-order valence-corrected chi connectivity index (χ2v) is 3.06. The first kappa shape index (κ1) is 9.10. The van der Waals surface area contributed by atoms with Crippen LogP contribution in [-0.4, -0.2) is 24.5 Å². The Morgan fingerprint density at radius 3 is 2.79 bits per heavy atom. The Labute approximate surface area is 86.4 Å². The molecule has 14 heavy (non-hydrogen) atoms. The second-order valence-electron chi connectivity index (χ2n) is 2.28. The number of hydrogen-bond donors (Lipinski definition) is 0. The number of hydrogen-bond acceptors (Lipinski definition) is 5. The first-order chi connectivity index (χ1) is 6.58. The number of halogens is 2. The molecule has 0 radical (unpaired) electrons. The minimum atomic E-state index is -0.737. The third-order valence-electron chi connectivity index (χ3n) is 1.39. The summed E-state index contributed by atoms with van der Waals surface area (Å²) in [4.78, 5) is 16.8.